The Morgan fingerprint density at radius 1 is 1.10 bits per heavy atom. The molecule has 7 nitrogen and oxygen atoms in total. The maximum Gasteiger partial charge on any atom is 0.410 e. The molecule has 1 aliphatic rings. The van der Waals surface area contributed by atoms with E-state index in [4.69, 9.17) is 4.74 Å². The molecule has 0 saturated carbocycles. The number of carboxylic acid groups (broad SMARTS) is 1. The monoisotopic (exact) mass is 421 g/mol. The summed E-state index contributed by atoms with van der Waals surface area (Å²) in [5.41, 5.74) is 1.19. The van der Waals surface area contributed by atoms with E-state index < -0.39 is 11.6 Å². The number of aromatic nitrogens is 2. The summed E-state index contributed by atoms with van der Waals surface area (Å²) >= 11 is 0. The molecule has 162 valence electrons. The van der Waals surface area contributed by atoms with E-state index in [0.29, 0.717) is 18.7 Å². The van der Waals surface area contributed by atoms with Crippen LogP contribution < -0.4 is 0 Å². The van der Waals surface area contributed by atoms with Gasteiger partial charge in [0.25, 0.3) is 0 Å². The summed E-state index contributed by atoms with van der Waals surface area (Å²) in [7, 11) is 0. The van der Waals surface area contributed by atoms with Gasteiger partial charge >= 0.3 is 12.1 Å². The third-order valence-electron chi connectivity index (χ3n) is 5.52. The Hall–Kier alpha value is -3.35. The van der Waals surface area contributed by atoms with E-state index in [-0.39, 0.29) is 17.7 Å². The van der Waals surface area contributed by atoms with Crippen molar-refractivity contribution in [1.82, 2.24) is 14.7 Å². The molecule has 0 aliphatic carbocycles. The minimum Gasteiger partial charge on any atom is -0.478 e. The molecule has 1 fully saturated rings. The predicted molar refractivity (Wildman–Crippen MR) is 118 cm³/mol. The smallest absolute Gasteiger partial charge is 0.410 e. The standard InChI is InChI=1S/C24H27N3O4/c1-24(2,3)31-23(30)26-10-8-19(9-11-26)27-15-18(14-25-27)20-12-16-6-4-5-7-17(16)13-21(20)22(28)29/h4-7,12-15,19H,8-11H2,1-3H3,(H,28,29). The molecule has 31 heavy (non-hydrogen) atoms. The summed E-state index contributed by atoms with van der Waals surface area (Å²) in [5, 5.41) is 16.1. The van der Waals surface area contributed by atoms with Gasteiger partial charge in [-0.25, -0.2) is 9.59 Å². The second-order valence-corrected chi connectivity index (χ2v) is 8.96. The van der Waals surface area contributed by atoms with E-state index in [9.17, 15) is 14.7 Å². The number of carboxylic acids is 1. The van der Waals surface area contributed by atoms with Crippen molar-refractivity contribution in [3.05, 3.63) is 54.4 Å². The van der Waals surface area contributed by atoms with Crippen LogP contribution in [0.5, 0.6) is 0 Å². The van der Waals surface area contributed by atoms with Crippen molar-refractivity contribution in [1.29, 1.82) is 0 Å². The Bertz CT molecular complexity index is 1120. The molecule has 1 aliphatic heterocycles. The lowest BCUT2D eigenvalue weighted by atomic mass is 9.97. The van der Waals surface area contributed by atoms with Crippen molar-refractivity contribution >= 4 is 22.8 Å². The molecule has 4 rings (SSSR count). The van der Waals surface area contributed by atoms with Gasteiger partial charge in [0, 0.05) is 24.8 Å². The average Bonchev–Trinajstić information content (AvgIpc) is 3.21. The molecule has 0 bridgehead atoms. The SMILES string of the molecule is CC(C)(C)OC(=O)N1CCC(n2cc(-c3cc4ccccc4cc3C(=O)O)cn2)CC1. The Balaban J connectivity index is 1.53. The van der Waals surface area contributed by atoms with Gasteiger partial charge in [-0.05, 0) is 62.1 Å². The third kappa shape index (κ3) is 4.55. The van der Waals surface area contributed by atoms with Crippen LogP contribution in [0.4, 0.5) is 4.79 Å². The molecule has 1 amide bonds. The molecule has 3 aromatic rings. The third-order valence-corrected chi connectivity index (χ3v) is 5.52. The van der Waals surface area contributed by atoms with Crippen molar-refractivity contribution in [2.75, 3.05) is 13.1 Å². The number of benzene rings is 2. The van der Waals surface area contributed by atoms with Crippen molar-refractivity contribution in [3.63, 3.8) is 0 Å². The van der Waals surface area contributed by atoms with Crippen molar-refractivity contribution in [3.8, 4) is 11.1 Å². The van der Waals surface area contributed by atoms with Gasteiger partial charge in [0.05, 0.1) is 17.8 Å². The molecular formula is C24H27N3O4. The molecule has 1 N–H and O–H groups in total. The zero-order valence-electron chi connectivity index (χ0n) is 18.0. The number of nitrogens with zero attached hydrogens (tertiary/aromatic N) is 3. The summed E-state index contributed by atoms with van der Waals surface area (Å²) in [5.74, 6) is -0.959. The highest BCUT2D eigenvalue weighted by molar-refractivity contribution is 6.02. The van der Waals surface area contributed by atoms with Gasteiger partial charge in [-0.15, -0.1) is 0 Å². The molecule has 0 atom stereocenters. The Labute approximate surface area is 181 Å². The van der Waals surface area contributed by atoms with Gasteiger partial charge in [-0.1, -0.05) is 24.3 Å². The normalized spacial score (nSPS) is 15.3. The van der Waals surface area contributed by atoms with Gasteiger partial charge in [0.1, 0.15) is 5.60 Å². The highest BCUT2D eigenvalue weighted by Gasteiger charge is 2.28. The Kier molecular flexibility index (Phi) is 5.43. The maximum absolute atomic E-state index is 12.3. The lowest BCUT2D eigenvalue weighted by Crippen LogP contribution is -2.42. The van der Waals surface area contributed by atoms with E-state index in [1.165, 1.54) is 0 Å². The Morgan fingerprint density at radius 3 is 2.35 bits per heavy atom. The number of fused-ring (bicyclic) bond motifs is 1. The quantitative estimate of drug-likeness (QED) is 0.645. The van der Waals surface area contributed by atoms with Crippen LogP contribution in [0.1, 0.15) is 50.0 Å². The van der Waals surface area contributed by atoms with Gasteiger partial charge in [-0.2, -0.15) is 5.10 Å². The maximum atomic E-state index is 12.3. The van der Waals surface area contributed by atoms with E-state index >= 15 is 0 Å². The fourth-order valence-electron chi connectivity index (χ4n) is 3.97. The van der Waals surface area contributed by atoms with Crippen LogP contribution in [0.25, 0.3) is 21.9 Å². The number of aromatic carboxylic acids is 1. The van der Waals surface area contributed by atoms with Crippen LogP contribution in [0.3, 0.4) is 0 Å². The van der Waals surface area contributed by atoms with Crippen LogP contribution >= 0.6 is 0 Å². The molecule has 0 unspecified atom stereocenters. The molecule has 2 heterocycles. The lowest BCUT2D eigenvalue weighted by Gasteiger charge is -2.33. The fourth-order valence-corrected chi connectivity index (χ4v) is 3.97. The summed E-state index contributed by atoms with van der Waals surface area (Å²) in [6.07, 6.45) is 4.88. The molecule has 1 aromatic heterocycles. The molecule has 0 radical (unpaired) electrons. The number of hydrogen-bond acceptors (Lipinski definition) is 4. The van der Waals surface area contributed by atoms with Crippen LogP contribution in [0.15, 0.2) is 48.8 Å². The lowest BCUT2D eigenvalue weighted by molar-refractivity contribution is 0.0184. The molecular weight excluding hydrogens is 394 g/mol. The van der Waals surface area contributed by atoms with E-state index in [1.807, 2.05) is 62.0 Å². The first-order valence-electron chi connectivity index (χ1n) is 10.5. The van der Waals surface area contributed by atoms with Gasteiger partial charge in [0.2, 0.25) is 0 Å². The van der Waals surface area contributed by atoms with Gasteiger partial charge < -0.3 is 14.7 Å². The summed E-state index contributed by atoms with van der Waals surface area (Å²) < 4.78 is 7.35. The number of ether oxygens (including phenoxy) is 1. The molecule has 7 heteroatoms. The van der Waals surface area contributed by atoms with Crippen molar-refractivity contribution < 1.29 is 19.4 Å². The second kappa shape index (κ2) is 8.06. The minimum atomic E-state index is -0.959. The molecule has 2 aromatic carbocycles. The van der Waals surface area contributed by atoms with Crippen LogP contribution in [0.2, 0.25) is 0 Å². The van der Waals surface area contributed by atoms with E-state index in [1.54, 1.807) is 17.2 Å². The van der Waals surface area contributed by atoms with E-state index in [0.717, 1.165) is 29.2 Å². The number of piperidine rings is 1. The summed E-state index contributed by atoms with van der Waals surface area (Å²) in [6.45, 7) is 6.79. The van der Waals surface area contributed by atoms with Gasteiger partial charge in [-0.3, -0.25) is 4.68 Å². The van der Waals surface area contributed by atoms with E-state index in [2.05, 4.69) is 5.10 Å². The number of hydrogen-bond donors (Lipinski definition) is 1. The number of carbonyl (C=O) groups is 2. The highest BCUT2D eigenvalue weighted by atomic mass is 16.6. The average molecular weight is 421 g/mol. The zero-order valence-corrected chi connectivity index (χ0v) is 18.0. The predicted octanol–water partition coefficient (Wildman–Crippen LogP) is 4.97. The van der Waals surface area contributed by atoms with Crippen LogP contribution in [0, 0.1) is 0 Å². The number of amides is 1. The van der Waals surface area contributed by atoms with Crippen LogP contribution in [-0.4, -0.2) is 50.5 Å². The number of carbonyl (C=O) groups excluding carboxylic acids is 1. The zero-order chi connectivity index (χ0) is 22.2. The van der Waals surface area contributed by atoms with Crippen molar-refractivity contribution in [2.24, 2.45) is 0 Å². The fraction of sp³-hybridized carbons (Fsp3) is 0.375. The topological polar surface area (TPSA) is 84.7 Å². The first-order chi connectivity index (χ1) is 14.7. The second-order valence-electron chi connectivity index (χ2n) is 8.96. The number of likely N-dealkylation sites (tertiary alicyclic amines) is 1. The van der Waals surface area contributed by atoms with Crippen molar-refractivity contribution in [2.45, 2.75) is 45.3 Å². The highest BCUT2D eigenvalue weighted by Crippen LogP contribution is 2.31. The molecule has 0 spiro atoms. The number of rotatable bonds is 3. The van der Waals surface area contributed by atoms with Gasteiger partial charge in [0.15, 0.2) is 0 Å². The first-order valence-corrected chi connectivity index (χ1v) is 10.5. The Morgan fingerprint density at radius 2 is 1.74 bits per heavy atom. The summed E-state index contributed by atoms with van der Waals surface area (Å²) in [6, 6.07) is 11.5. The molecule has 1 saturated heterocycles. The first kappa shape index (κ1) is 20.9. The largest absolute Gasteiger partial charge is 0.478 e. The minimum absolute atomic E-state index is 0.154. The van der Waals surface area contributed by atoms with Crippen LogP contribution in [-0.2, 0) is 4.74 Å². The summed E-state index contributed by atoms with van der Waals surface area (Å²) in [4.78, 5) is 25.9.